The molecule has 80 valence electrons. The summed E-state index contributed by atoms with van der Waals surface area (Å²) in [6.45, 7) is 6.25. The Morgan fingerprint density at radius 1 is 1.33 bits per heavy atom. The molecular weight excluding hydrogens is 188 g/mol. The number of nitrogens with zero attached hydrogens (tertiary/aromatic N) is 1. The van der Waals surface area contributed by atoms with E-state index in [9.17, 15) is 4.79 Å². The first-order valence-electron chi connectivity index (χ1n) is 5.26. The van der Waals surface area contributed by atoms with Crippen LogP contribution in [-0.2, 0) is 5.54 Å². The number of aromatic amines is 1. The monoisotopic (exact) mass is 204 g/mol. The van der Waals surface area contributed by atoms with Crippen molar-refractivity contribution in [2.45, 2.75) is 32.7 Å². The highest BCUT2D eigenvalue weighted by Gasteiger charge is 2.22. The van der Waals surface area contributed by atoms with Gasteiger partial charge in [-0.1, -0.05) is 19.1 Å². The summed E-state index contributed by atoms with van der Waals surface area (Å²) in [6.07, 6.45) is 0.925. The Morgan fingerprint density at radius 3 is 2.67 bits per heavy atom. The molecule has 0 aliphatic carbocycles. The second kappa shape index (κ2) is 3.26. The minimum Gasteiger partial charge on any atom is -0.306 e. The third kappa shape index (κ3) is 1.48. The molecule has 0 aliphatic rings. The Hall–Kier alpha value is -1.51. The van der Waals surface area contributed by atoms with Crippen LogP contribution in [0.4, 0.5) is 0 Å². The average molecular weight is 204 g/mol. The molecule has 0 amide bonds. The molecule has 1 heterocycles. The van der Waals surface area contributed by atoms with Crippen LogP contribution in [0.3, 0.4) is 0 Å². The number of fused-ring (bicyclic) bond motifs is 1. The molecule has 1 N–H and O–H groups in total. The summed E-state index contributed by atoms with van der Waals surface area (Å²) in [4.78, 5) is 14.7. The largest absolute Gasteiger partial charge is 0.326 e. The van der Waals surface area contributed by atoms with Crippen molar-refractivity contribution in [2.24, 2.45) is 0 Å². The van der Waals surface area contributed by atoms with Crippen LogP contribution in [-0.4, -0.2) is 9.55 Å². The Kier molecular flexibility index (Phi) is 2.18. The van der Waals surface area contributed by atoms with Crippen LogP contribution < -0.4 is 5.69 Å². The number of imidazole rings is 1. The van der Waals surface area contributed by atoms with Gasteiger partial charge in [0.15, 0.2) is 0 Å². The Labute approximate surface area is 88.7 Å². The van der Waals surface area contributed by atoms with Crippen molar-refractivity contribution in [3.05, 3.63) is 34.7 Å². The van der Waals surface area contributed by atoms with E-state index in [1.165, 1.54) is 0 Å². The van der Waals surface area contributed by atoms with Gasteiger partial charge in [-0.2, -0.15) is 0 Å². The third-order valence-corrected chi connectivity index (χ3v) is 3.06. The fourth-order valence-electron chi connectivity index (χ4n) is 1.81. The van der Waals surface area contributed by atoms with Gasteiger partial charge >= 0.3 is 5.69 Å². The van der Waals surface area contributed by atoms with Crippen LogP contribution in [0.15, 0.2) is 29.1 Å². The SMILES string of the molecule is CCC(C)(C)n1c(=O)[nH]c2ccccc21. The van der Waals surface area contributed by atoms with Gasteiger partial charge in [0, 0.05) is 5.54 Å². The lowest BCUT2D eigenvalue weighted by atomic mass is 10.0. The van der Waals surface area contributed by atoms with Crippen molar-refractivity contribution in [3.63, 3.8) is 0 Å². The van der Waals surface area contributed by atoms with Gasteiger partial charge in [-0.15, -0.1) is 0 Å². The lowest BCUT2D eigenvalue weighted by Crippen LogP contribution is -2.33. The summed E-state index contributed by atoms with van der Waals surface area (Å²) < 4.78 is 1.84. The molecule has 1 aromatic carbocycles. The van der Waals surface area contributed by atoms with E-state index in [1.54, 1.807) is 0 Å². The average Bonchev–Trinajstić information content (AvgIpc) is 2.54. The van der Waals surface area contributed by atoms with Crippen LogP contribution in [0.5, 0.6) is 0 Å². The van der Waals surface area contributed by atoms with Crippen LogP contribution in [0, 0.1) is 0 Å². The summed E-state index contributed by atoms with van der Waals surface area (Å²) in [5.74, 6) is 0. The van der Waals surface area contributed by atoms with Crippen molar-refractivity contribution in [1.82, 2.24) is 9.55 Å². The number of hydrogen-bond acceptors (Lipinski definition) is 1. The predicted octanol–water partition coefficient (Wildman–Crippen LogP) is 2.47. The number of aromatic nitrogens is 2. The van der Waals surface area contributed by atoms with Gasteiger partial charge in [-0.25, -0.2) is 4.79 Å². The first-order chi connectivity index (χ1) is 7.06. The number of nitrogens with one attached hydrogen (secondary N) is 1. The van der Waals surface area contributed by atoms with E-state index >= 15 is 0 Å². The summed E-state index contributed by atoms with van der Waals surface area (Å²) >= 11 is 0. The highest BCUT2D eigenvalue weighted by molar-refractivity contribution is 5.75. The minimum atomic E-state index is -0.142. The zero-order valence-electron chi connectivity index (χ0n) is 9.37. The molecule has 0 spiro atoms. The van der Waals surface area contributed by atoms with Crippen LogP contribution in [0.2, 0.25) is 0 Å². The van der Waals surface area contributed by atoms with E-state index in [0.717, 1.165) is 17.5 Å². The molecule has 0 saturated carbocycles. The smallest absolute Gasteiger partial charge is 0.306 e. The molecule has 0 bridgehead atoms. The highest BCUT2D eigenvalue weighted by atomic mass is 16.1. The third-order valence-electron chi connectivity index (χ3n) is 3.06. The Bertz CT molecular complexity index is 534. The molecule has 15 heavy (non-hydrogen) atoms. The van der Waals surface area contributed by atoms with E-state index in [2.05, 4.69) is 25.8 Å². The first-order valence-corrected chi connectivity index (χ1v) is 5.26. The van der Waals surface area contributed by atoms with Gasteiger partial charge in [-0.3, -0.25) is 4.57 Å². The predicted molar refractivity (Wildman–Crippen MR) is 62.2 cm³/mol. The van der Waals surface area contributed by atoms with Gasteiger partial charge in [0.05, 0.1) is 11.0 Å². The number of benzene rings is 1. The zero-order valence-corrected chi connectivity index (χ0v) is 9.37. The molecule has 0 radical (unpaired) electrons. The number of hydrogen-bond donors (Lipinski definition) is 1. The van der Waals surface area contributed by atoms with Crippen molar-refractivity contribution >= 4 is 11.0 Å². The summed E-state index contributed by atoms with van der Waals surface area (Å²) in [6, 6.07) is 7.79. The fraction of sp³-hybridized carbons (Fsp3) is 0.417. The van der Waals surface area contributed by atoms with Gasteiger partial charge in [0.2, 0.25) is 0 Å². The first kappa shape index (κ1) is 10.0. The van der Waals surface area contributed by atoms with Crippen molar-refractivity contribution in [2.75, 3.05) is 0 Å². The van der Waals surface area contributed by atoms with Crippen molar-refractivity contribution in [1.29, 1.82) is 0 Å². The van der Waals surface area contributed by atoms with Gasteiger partial charge < -0.3 is 4.98 Å². The molecule has 0 aliphatic heterocycles. The summed E-state index contributed by atoms with van der Waals surface area (Å²) in [7, 11) is 0. The standard InChI is InChI=1S/C12H16N2O/c1-4-12(2,3)14-10-8-6-5-7-9(10)13-11(14)15/h5-8H,4H2,1-3H3,(H,13,15). The lowest BCUT2D eigenvalue weighted by Gasteiger charge is -2.24. The molecule has 0 unspecified atom stereocenters. The molecule has 0 saturated heterocycles. The van der Waals surface area contributed by atoms with Crippen LogP contribution in [0.25, 0.3) is 11.0 Å². The Morgan fingerprint density at radius 2 is 2.00 bits per heavy atom. The van der Waals surface area contributed by atoms with Gasteiger partial charge in [0.1, 0.15) is 0 Å². The second-order valence-corrected chi connectivity index (χ2v) is 4.45. The van der Waals surface area contributed by atoms with Gasteiger partial charge in [0.25, 0.3) is 0 Å². The number of H-pyrrole nitrogens is 1. The molecule has 2 aromatic rings. The van der Waals surface area contributed by atoms with Crippen LogP contribution >= 0.6 is 0 Å². The lowest BCUT2D eigenvalue weighted by molar-refractivity contribution is 0.343. The maximum atomic E-state index is 11.9. The molecule has 0 fully saturated rings. The molecule has 1 aromatic heterocycles. The van der Waals surface area contributed by atoms with E-state index in [1.807, 2.05) is 28.8 Å². The van der Waals surface area contributed by atoms with E-state index in [4.69, 9.17) is 0 Å². The fourth-order valence-corrected chi connectivity index (χ4v) is 1.81. The second-order valence-electron chi connectivity index (χ2n) is 4.45. The van der Waals surface area contributed by atoms with E-state index < -0.39 is 0 Å². The Balaban J connectivity index is 2.80. The maximum Gasteiger partial charge on any atom is 0.326 e. The summed E-state index contributed by atoms with van der Waals surface area (Å²) in [5.41, 5.74) is 1.72. The molecule has 2 rings (SSSR count). The van der Waals surface area contributed by atoms with Crippen LogP contribution in [0.1, 0.15) is 27.2 Å². The topological polar surface area (TPSA) is 37.8 Å². The maximum absolute atomic E-state index is 11.9. The normalized spacial score (nSPS) is 12.2. The quantitative estimate of drug-likeness (QED) is 0.801. The van der Waals surface area contributed by atoms with E-state index in [-0.39, 0.29) is 11.2 Å². The zero-order chi connectivity index (χ0) is 11.1. The van der Waals surface area contributed by atoms with E-state index in [0.29, 0.717) is 0 Å². The molecule has 0 atom stereocenters. The highest BCUT2D eigenvalue weighted by Crippen LogP contribution is 2.22. The number of rotatable bonds is 2. The number of para-hydroxylation sites is 2. The van der Waals surface area contributed by atoms with Crippen molar-refractivity contribution in [3.8, 4) is 0 Å². The summed E-state index contributed by atoms with van der Waals surface area (Å²) in [5, 5.41) is 0. The van der Waals surface area contributed by atoms with Crippen molar-refractivity contribution < 1.29 is 0 Å². The molecule has 3 nitrogen and oxygen atoms in total. The van der Waals surface area contributed by atoms with Gasteiger partial charge in [-0.05, 0) is 32.4 Å². The molecule has 3 heteroatoms. The molecular formula is C12H16N2O. The minimum absolute atomic E-state index is 0.0250.